The topological polar surface area (TPSA) is 9.23 Å². The molecule has 1 nitrogen and oxygen atoms in total. The molecule has 1 aromatic carbocycles. The number of ether oxygens (including phenoxy) is 1. The summed E-state index contributed by atoms with van der Waals surface area (Å²) in [4.78, 5) is 0. The van der Waals surface area contributed by atoms with Crippen LogP contribution in [0.4, 0.5) is 0 Å². The molecule has 0 unspecified atom stereocenters. The van der Waals surface area contributed by atoms with Crippen molar-refractivity contribution < 1.29 is 4.74 Å². The normalized spacial score (nSPS) is 15.7. The number of fused-ring (bicyclic) bond motifs is 1. The van der Waals surface area contributed by atoms with E-state index in [4.69, 9.17) is 4.74 Å². The first kappa shape index (κ1) is 10.9. The molecule has 0 saturated heterocycles. The van der Waals surface area contributed by atoms with Gasteiger partial charge in [-0.2, -0.15) is 12.6 Å². The molecule has 82 valence electrons. The van der Waals surface area contributed by atoms with E-state index in [-0.39, 0.29) is 5.41 Å². The summed E-state index contributed by atoms with van der Waals surface area (Å²) in [6.07, 6.45) is 2.28. The summed E-state index contributed by atoms with van der Waals surface area (Å²) in [7, 11) is 0. The van der Waals surface area contributed by atoms with Crippen LogP contribution in [-0.2, 0) is 11.8 Å². The quantitative estimate of drug-likeness (QED) is 0.756. The Bertz CT molecular complexity index is 358. The number of benzene rings is 1. The summed E-state index contributed by atoms with van der Waals surface area (Å²) in [5, 5.41) is 0. The van der Waals surface area contributed by atoms with Crippen molar-refractivity contribution >= 4 is 12.6 Å². The molecule has 0 aliphatic carbocycles. The molecule has 0 atom stereocenters. The van der Waals surface area contributed by atoms with Gasteiger partial charge >= 0.3 is 0 Å². The highest BCUT2D eigenvalue weighted by Crippen LogP contribution is 2.31. The molecule has 15 heavy (non-hydrogen) atoms. The molecule has 0 amide bonds. The van der Waals surface area contributed by atoms with Crippen LogP contribution in [0.25, 0.3) is 0 Å². The fourth-order valence-electron chi connectivity index (χ4n) is 1.87. The minimum absolute atomic E-state index is 0.148. The Morgan fingerprint density at radius 3 is 2.93 bits per heavy atom. The second kappa shape index (κ2) is 4.09. The summed E-state index contributed by atoms with van der Waals surface area (Å²) in [5.74, 6) is 1.94. The zero-order chi connectivity index (χ0) is 10.9. The average molecular weight is 222 g/mol. The minimum Gasteiger partial charge on any atom is -0.493 e. The van der Waals surface area contributed by atoms with E-state index in [1.807, 2.05) is 0 Å². The van der Waals surface area contributed by atoms with Gasteiger partial charge in [0.1, 0.15) is 5.75 Å². The first-order valence-electron chi connectivity index (χ1n) is 5.50. The molecule has 1 aliphatic rings. The molecule has 0 saturated carbocycles. The van der Waals surface area contributed by atoms with Gasteiger partial charge in [0.25, 0.3) is 0 Å². The molecule has 0 fully saturated rings. The van der Waals surface area contributed by atoms with Crippen LogP contribution in [-0.4, -0.2) is 12.4 Å². The summed E-state index contributed by atoms with van der Waals surface area (Å²) in [5.41, 5.74) is 2.87. The van der Waals surface area contributed by atoms with Crippen molar-refractivity contribution in [2.45, 2.75) is 32.1 Å². The van der Waals surface area contributed by atoms with E-state index in [0.717, 1.165) is 31.0 Å². The third-order valence-electron chi connectivity index (χ3n) is 3.09. The van der Waals surface area contributed by atoms with Gasteiger partial charge in [-0.3, -0.25) is 0 Å². The summed E-state index contributed by atoms with van der Waals surface area (Å²) < 4.78 is 5.61. The van der Waals surface area contributed by atoms with E-state index in [1.165, 1.54) is 11.1 Å². The predicted octanol–water partition coefficient (Wildman–Crippen LogP) is 3.22. The van der Waals surface area contributed by atoms with Crippen LogP contribution in [0.15, 0.2) is 18.2 Å². The molecule has 0 radical (unpaired) electrons. The first-order chi connectivity index (χ1) is 7.13. The van der Waals surface area contributed by atoms with Crippen molar-refractivity contribution in [2.24, 2.45) is 0 Å². The van der Waals surface area contributed by atoms with Crippen LogP contribution in [0.1, 0.15) is 31.4 Å². The Labute approximate surface area is 97.2 Å². The van der Waals surface area contributed by atoms with Crippen molar-refractivity contribution in [1.82, 2.24) is 0 Å². The SMILES string of the molecule is CC(C)(CS)c1ccc2c(c1)CCCO2. The van der Waals surface area contributed by atoms with Crippen molar-refractivity contribution in [3.8, 4) is 5.75 Å². The third kappa shape index (κ3) is 2.15. The highest BCUT2D eigenvalue weighted by Gasteiger charge is 2.20. The van der Waals surface area contributed by atoms with Crippen LogP contribution < -0.4 is 4.74 Å². The highest BCUT2D eigenvalue weighted by molar-refractivity contribution is 7.80. The lowest BCUT2D eigenvalue weighted by Gasteiger charge is -2.25. The molecule has 0 aromatic heterocycles. The Balaban J connectivity index is 2.36. The number of thiol groups is 1. The van der Waals surface area contributed by atoms with Gasteiger partial charge in [0.05, 0.1) is 6.61 Å². The molecule has 2 heteroatoms. The minimum atomic E-state index is 0.148. The van der Waals surface area contributed by atoms with Crippen LogP contribution in [0, 0.1) is 0 Å². The van der Waals surface area contributed by atoms with Gasteiger partial charge in [0, 0.05) is 0 Å². The van der Waals surface area contributed by atoms with E-state index in [0.29, 0.717) is 0 Å². The molecule has 1 aliphatic heterocycles. The summed E-state index contributed by atoms with van der Waals surface area (Å²) in [6.45, 7) is 5.32. The lowest BCUT2D eigenvalue weighted by atomic mass is 9.85. The molecular formula is C13H18OS. The molecular weight excluding hydrogens is 204 g/mol. The highest BCUT2D eigenvalue weighted by atomic mass is 32.1. The monoisotopic (exact) mass is 222 g/mol. The lowest BCUT2D eigenvalue weighted by molar-refractivity contribution is 0.288. The van der Waals surface area contributed by atoms with Crippen LogP contribution >= 0.6 is 12.6 Å². The van der Waals surface area contributed by atoms with Gasteiger partial charge in [-0.25, -0.2) is 0 Å². The molecule has 0 bridgehead atoms. The van der Waals surface area contributed by atoms with Crippen molar-refractivity contribution in [2.75, 3.05) is 12.4 Å². The molecule has 0 N–H and O–H groups in total. The van der Waals surface area contributed by atoms with Crippen molar-refractivity contribution in [1.29, 1.82) is 0 Å². The maximum atomic E-state index is 5.61. The van der Waals surface area contributed by atoms with E-state index < -0.39 is 0 Å². The largest absolute Gasteiger partial charge is 0.493 e. The van der Waals surface area contributed by atoms with Gasteiger partial charge in [0.2, 0.25) is 0 Å². The Hall–Kier alpha value is -0.630. The second-order valence-corrected chi connectivity index (χ2v) is 5.13. The van der Waals surface area contributed by atoms with E-state index in [2.05, 4.69) is 44.7 Å². The van der Waals surface area contributed by atoms with E-state index in [9.17, 15) is 0 Å². The average Bonchev–Trinajstić information content (AvgIpc) is 2.28. The fourth-order valence-corrected chi connectivity index (χ4v) is 2.06. The Kier molecular flexibility index (Phi) is 2.96. The zero-order valence-electron chi connectivity index (χ0n) is 9.42. The zero-order valence-corrected chi connectivity index (χ0v) is 10.3. The maximum absolute atomic E-state index is 5.61. The summed E-state index contributed by atoms with van der Waals surface area (Å²) >= 11 is 4.41. The summed E-state index contributed by atoms with van der Waals surface area (Å²) in [6, 6.07) is 6.56. The molecule has 1 aromatic rings. The number of hydrogen-bond acceptors (Lipinski definition) is 2. The van der Waals surface area contributed by atoms with E-state index in [1.54, 1.807) is 0 Å². The van der Waals surface area contributed by atoms with Gasteiger partial charge in [-0.05, 0) is 41.2 Å². The van der Waals surface area contributed by atoms with Gasteiger partial charge in [-0.1, -0.05) is 26.0 Å². The molecule has 1 heterocycles. The number of aryl methyl sites for hydroxylation is 1. The predicted molar refractivity (Wildman–Crippen MR) is 67.1 cm³/mol. The van der Waals surface area contributed by atoms with Gasteiger partial charge in [0.15, 0.2) is 0 Å². The number of hydrogen-bond donors (Lipinski definition) is 1. The van der Waals surface area contributed by atoms with Crippen LogP contribution in [0.3, 0.4) is 0 Å². The second-order valence-electron chi connectivity index (χ2n) is 4.82. The number of rotatable bonds is 2. The van der Waals surface area contributed by atoms with Gasteiger partial charge < -0.3 is 4.74 Å². The van der Waals surface area contributed by atoms with Crippen LogP contribution in [0.2, 0.25) is 0 Å². The van der Waals surface area contributed by atoms with Crippen molar-refractivity contribution in [3.05, 3.63) is 29.3 Å². The Morgan fingerprint density at radius 1 is 1.40 bits per heavy atom. The van der Waals surface area contributed by atoms with Crippen LogP contribution in [0.5, 0.6) is 5.75 Å². The molecule has 0 spiro atoms. The lowest BCUT2D eigenvalue weighted by Crippen LogP contribution is -2.20. The van der Waals surface area contributed by atoms with Crippen molar-refractivity contribution in [3.63, 3.8) is 0 Å². The van der Waals surface area contributed by atoms with E-state index >= 15 is 0 Å². The Morgan fingerprint density at radius 2 is 2.20 bits per heavy atom. The molecule has 2 rings (SSSR count). The first-order valence-corrected chi connectivity index (χ1v) is 6.14. The third-order valence-corrected chi connectivity index (χ3v) is 3.88. The smallest absolute Gasteiger partial charge is 0.122 e. The fraction of sp³-hybridized carbons (Fsp3) is 0.538. The maximum Gasteiger partial charge on any atom is 0.122 e. The van der Waals surface area contributed by atoms with Gasteiger partial charge in [-0.15, -0.1) is 0 Å². The standard InChI is InChI=1S/C13H18OS/c1-13(2,9-15)11-5-6-12-10(8-11)4-3-7-14-12/h5-6,8,15H,3-4,7,9H2,1-2H3.